The van der Waals surface area contributed by atoms with E-state index in [9.17, 15) is 0 Å². The van der Waals surface area contributed by atoms with Crippen LogP contribution in [0.1, 0.15) is 34.1 Å². The summed E-state index contributed by atoms with van der Waals surface area (Å²) in [5, 5.41) is 6.51. The van der Waals surface area contributed by atoms with Gasteiger partial charge in [0.25, 0.3) is 0 Å². The van der Waals surface area contributed by atoms with E-state index < -0.39 is 0 Å². The van der Waals surface area contributed by atoms with Crippen LogP contribution in [0.15, 0.2) is 4.99 Å². The van der Waals surface area contributed by atoms with E-state index in [0.717, 1.165) is 38.7 Å². The summed E-state index contributed by atoms with van der Waals surface area (Å²) in [5.41, 5.74) is 0. The number of hydrogen-bond acceptors (Lipinski definition) is 3. The van der Waals surface area contributed by atoms with Crippen LogP contribution in [0.2, 0.25) is 0 Å². The van der Waals surface area contributed by atoms with Gasteiger partial charge in [0.1, 0.15) is 0 Å². The number of nitrogens with zero attached hydrogens (tertiary/aromatic N) is 2. The van der Waals surface area contributed by atoms with Crippen molar-refractivity contribution < 1.29 is 4.74 Å². The van der Waals surface area contributed by atoms with Gasteiger partial charge in [0.2, 0.25) is 0 Å². The van der Waals surface area contributed by atoms with Crippen molar-refractivity contribution in [3.63, 3.8) is 0 Å². The van der Waals surface area contributed by atoms with E-state index in [1.807, 2.05) is 6.92 Å². The summed E-state index contributed by atoms with van der Waals surface area (Å²) in [6, 6.07) is 0.615. The molecule has 5 nitrogen and oxygen atoms in total. The highest BCUT2D eigenvalue weighted by atomic mass is 127. The second kappa shape index (κ2) is 15.3. The van der Waals surface area contributed by atoms with Gasteiger partial charge in [-0.3, -0.25) is 4.99 Å². The highest BCUT2D eigenvalue weighted by Gasteiger charge is 2.05. The number of halogens is 1. The highest BCUT2D eigenvalue weighted by Crippen LogP contribution is 1.98. The zero-order valence-electron chi connectivity index (χ0n) is 13.7. The number of hydrogen-bond donors (Lipinski definition) is 2. The van der Waals surface area contributed by atoms with Crippen molar-refractivity contribution in [2.45, 2.75) is 40.2 Å². The number of likely N-dealkylation sites (N-methyl/N-ethyl adjacent to an activating group) is 1. The molecule has 122 valence electrons. The molecule has 0 rings (SSSR count). The van der Waals surface area contributed by atoms with E-state index in [4.69, 9.17) is 4.74 Å². The molecular weight excluding hydrogens is 367 g/mol. The molecule has 0 fully saturated rings. The van der Waals surface area contributed by atoms with E-state index in [0.29, 0.717) is 12.6 Å². The summed E-state index contributed by atoms with van der Waals surface area (Å²) < 4.78 is 5.30. The third-order valence-corrected chi connectivity index (χ3v) is 3.15. The molecule has 0 aromatic heterocycles. The zero-order valence-corrected chi connectivity index (χ0v) is 16.1. The average molecular weight is 400 g/mol. The molecule has 6 heteroatoms. The van der Waals surface area contributed by atoms with Crippen molar-refractivity contribution in [3.05, 3.63) is 0 Å². The second-order valence-electron chi connectivity index (χ2n) is 4.62. The second-order valence-corrected chi connectivity index (χ2v) is 4.62. The maximum Gasteiger partial charge on any atom is 0.191 e. The molecule has 0 aliphatic carbocycles. The molecule has 2 N–H and O–H groups in total. The SMILES string of the molecule is CCNC(=NCCN(C)C(C)CC)NCCOCC.I. The number of nitrogens with one attached hydrogen (secondary N) is 2. The monoisotopic (exact) mass is 400 g/mol. The predicted octanol–water partition coefficient (Wildman–Crippen LogP) is 1.93. The van der Waals surface area contributed by atoms with E-state index in [1.165, 1.54) is 6.42 Å². The van der Waals surface area contributed by atoms with Crippen LogP contribution in [-0.2, 0) is 4.74 Å². The van der Waals surface area contributed by atoms with Gasteiger partial charge < -0.3 is 20.3 Å². The van der Waals surface area contributed by atoms with Crippen LogP contribution in [0.4, 0.5) is 0 Å². The predicted molar refractivity (Wildman–Crippen MR) is 98.3 cm³/mol. The van der Waals surface area contributed by atoms with Gasteiger partial charge >= 0.3 is 0 Å². The highest BCUT2D eigenvalue weighted by molar-refractivity contribution is 14.0. The van der Waals surface area contributed by atoms with Gasteiger partial charge in [-0.15, -0.1) is 24.0 Å². The first-order chi connectivity index (χ1) is 9.15. The molecular formula is C14H33IN4O. The van der Waals surface area contributed by atoms with Crippen molar-refractivity contribution >= 4 is 29.9 Å². The largest absolute Gasteiger partial charge is 0.380 e. The van der Waals surface area contributed by atoms with Crippen molar-refractivity contribution in [2.24, 2.45) is 4.99 Å². The van der Waals surface area contributed by atoms with Crippen LogP contribution in [-0.4, -0.2) is 63.3 Å². The lowest BCUT2D eigenvalue weighted by molar-refractivity contribution is 0.152. The number of aliphatic imine (C=N–C) groups is 1. The lowest BCUT2D eigenvalue weighted by Crippen LogP contribution is -2.39. The van der Waals surface area contributed by atoms with Crippen molar-refractivity contribution in [3.8, 4) is 0 Å². The van der Waals surface area contributed by atoms with Gasteiger partial charge in [0, 0.05) is 32.3 Å². The minimum absolute atomic E-state index is 0. The van der Waals surface area contributed by atoms with E-state index in [-0.39, 0.29) is 24.0 Å². The van der Waals surface area contributed by atoms with Crippen LogP contribution >= 0.6 is 24.0 Å². The Hall–Kier alpha value is -0.0800. The quantitative estimate of drug-likeness (QED) is 0.255. The molecule has 0 spiro atoms. The molecule has 0 aromatic carbocycles. The fourth-order valence-electron chi connectivity index (χ4n) is 1.58. The van der Waals surface area contributed by atoms with Gasteiger partial charge in [-0.1, -0.05) is 6.92 Å². The van der Waals surface area contributed by atoms with Gasteiger partial charge in [0.15, 0.2) is 5.96 Å². The summed E-state index contributed by atoms with van der Waals surface area (Å²) >= 11 is 0. The lowest BCUT2D eigenvalue weighted by Gasteiger charge is -2.22. The molecule has 0 saturated carbocycles. The molecule has 0 amide bonds. The molecule has 1 unspecified atom stereocenters. The summed E-state index contributed by atoms with van der Waals surface area (Å²) in [6.07, 6.45) is 1.17. The molecule has 0 bridgehead atoms. The van der Waals surface area contributed by atoms with E-state index >= 15 is 0 Å². The summed E-state index contributed by atoms with van der Waals surface area (Å²) in [7, 11) is 2.15. The smallest absolute Gasteiger partial charge is 0.191 e. The zero-order chi connectivity index (χ0) is 14.5. The summed E-state index contributed by atoms with van der Waals surface area (Å²) in [6.45, 7) is 13.5. The molecule has 20 heavy (non-hydrogen) atoms. The van der Waals surface area contributed by atoms with E-state index in [1.54, 1.807) is 0 Å². The van der Waals surface area contributed by atoms with E-state index in [2.05, 4.69) is 48.3 Å². The Labute approximate surface area is 141 Å². The maximum atomic E-state index is 5.30. The molecule has 0 aliphatic rings. The molecule has 0 radical (unpaired) electrons. The van der Waals surface area contributed by atoms with Crippen molar-refractivity contribution in [1.82, 2.24) is 15.5 Å². The first kappa shape index (κ1) is 22.2. The minimum atomic E-state index is 0. The maximum absolute atomic E-state index is 5.30. The third-order valence-electron chi connectivity index (χ3n) is 3.15. The first-order valence-corrected chi connectivity index (χ1v) is 7.45. The molecule has 1 atom stereocenters. The standard InChI is InChI=1S/C14H32N4O.HI/c1-6-13(4)18(5)11-9-16-14(15-7-2)17-10-12-19-8-3;/h13H,6-12H2,1-5H3,(H2,15,16,17);1H. The molecule has 0 saturated heterocycles. The Bertz CT molecular complexity index is 239. The Morgan fingerprint density at radius 3 is 2.50 bits per heavy atom. The normalized spacial score (nSPS) is 13.0. The van der Waals surface area contributed by atoms with Gasteiger partial charge in [-0.05, 0) is 34.2 Å². The number of guanidine groups is 1. The van der Waals surface area contributed by atoms with Gasteiger partial charge in [-0.2, -0.15) is 0 Å². The first-order valence-electron chi connectivity index (χ1n) is 7.45. The van der Waals surface area contributed by atoms with Crippen LogP contribution in [0, 0.1) is 0 Å². The van der Waals surface area contributed by atoms with Crippen molar-refractivity contribution in [1.29, 1.82) is 0 Å². The Morgan fingerprint density at radius 2 is 1.95 bits per heavy atom. The topological polar surface area (TPSA) is 48.9 Å². The Balaban J connectivity index is 0. The summed E-state index contributed by atoms with van der Waals surface area (Å²) in [5.74, 6) is 0.875. The fourth-order valence-corrected chi connectivity index (χ4v) is 1.58. The van der Waals surface area contributed by atoms with Crippen LogP contribution in [0.25, 0.3) is 0 Å². The Kier molecular flexibility index (Phi) is 17.0. The van der Waals surface area contributed by atoms with Crippen LogP contribution in [0.5, 0.6) is 0 Å². The lowest BCUT2D eigenvalue weighted by atomic mass is 10.2. The summed E-state index contributed by atoms with van der Waals surface area (Å²) in [4.78, 5) is 6.91. The average Bonchev–Trinajstić information content (AvgIpc) is 2.42. The molecule has 0 heterocycles. The van der Waals surface area contributed by atoms with Gasteiger partial charge in [0.05, 0.1) is 13.2 Å². The van der Waals surface area contributed by atoms with Crippen LogP contribution < -0.4 is 10.6 Å². The number of ether oxygens (including phenoxy) is 1. The van der Waals surface area contributed by atoms with Crippen molar-refractivity contribution in [2.75, 3.05) is 46.4 Å². The fraction of sp³-hybridized carbons (Fsp3) is 0.929. The molecule has 0 aliphatic heterocycles. The third kappa shape index (κ3) is 11.7. The number of rotatable bonds is 10. The van der Waals surface area contributed by atoms with Gasteiger partial charge in [-0.25, -0.2) is 0 Å². The Morgan fingerprint density at radius 1 is 1.25 bits per heavy atom. The minimum Gasteiger partial charge on any atom is -0.380 e. The molecule has 0 aromatic rings. The van der Waals surface area contributed by atoms with Crippen LogP contribution in [0.3, 0.4) is 0 Å².